The van der Waals surface area contributed by atoms with Crippen molar-refractivity contribution in [2.45, 2.75) is 26.3 Å². The molecule has 2 heterocycles. The van der Waals surface area contributed by atoms with Crippen molar-refractivity contribution in [1.82, 2.24) is 10.2 Å². The molecule has 0 fully saturated rings. The lowest BCUT2D eigenvalue weighted by Crippen LogP contribution is -2.28. The summed E-state index contributed by atoms with van der Waals surface area (Å²) in [5.41, 5.74) is 2.52. The van der Waals surface area contributed by atoms with E-state index >= 15 is 0 Å². The molecule has 3 rings (SSSR count). The van der Waals surface area contributed by atoms with Gasteiger partial charge in [0.05, 0.1) is 6.54 Å². The third-order valence-corrected chi connectivity index (χ3v) is 3.39. The van der Waals surface area contributed by atoms with Gasteiger partial charge >= 0.3 is 0 Å². The number of aromatic nitrogens is 2. The second-order valence-corrected chi connectivity index (χ2v) is 4.95. The SMILES string of the molecule is Cc1nnc(CN2CCCc3cc(Cl)ccc32)o1. The van der Waals surface area contributed by atoms with Gasteiger partial charge in [0.1, 0.15) is 0 Å². The van der Waals surface area contributed by atoms with Gasteiger partial charge in [0.2, 0.25) is 11.8 Å². The Hall–Kier alpha value is -1.55. The summed E-state index contributed by atoms with van der Waals surface area (Å²) in [7, 11) is 0. The fourth-order valence-corrected chi connectivity index (χ4v) is 2.57. The van der Waals surface area contributed by atoms with Crippen molar-refractivity contribution < 1.29 is 4.42 Å². The van der Waals surface area contributed by atoms with Crippen LogP contribution in [0.15, 0.2) is 22.6 Å². The highest BCUT2D eigenvalue weighted by atomic mass is 35.5. The molecule has 0 amide bonds. The molecule has 1 aromatic carbocycles. The summed E-state index contributed by atoms with van der Waals surface area (Å²) in [5.74, 6) is 1.27. The molecule has 0 bridgehead atoms. The highest BCUT2D eigenvalue weighted by molar-refractivity contribution is 6.30. The lowest BCUT2D eigenvalue weighted by Gasteiger charge is -2.30. The summed E-state index contributed by atoms with van der Waals surface area (Å²) in [4.78, 5) is 2.27. The lowest BCUT2D eigenvalue weighted by molar-refractivity contribution is 0.459. The van der Waals surface area contributed by atoms with E-state index in [2.05, 4.69) is 21.2 Å². The van der Waals surface area contributed by atoms with E-state index in [1.54, 1.807) is 6.92 Å². The van der Waals surface area contributed by atoms with Gasteiger partial charge < -0.3 is 9.32 Å². The first-order valence-electron chi connectivity index (χ1n) is 6.05. The van der Waals surface area contributed by atoms with E-state index in [0.717, 1.165) is 24.4 Å². The quantitative estimate of drug-likeness (QED) is 0.835. The topological polar surface area (TPSA) is 42.2 Å². The van der Waals surface area contributed by atoms with Crippen LogP contribution in [0.5, 0.6) is 0 Å². The van der Waals surface area contributed by atoms with Crippen molar-refractivity contribution in [3.05, 3.63) is 40.6 Å². The van der Waals surface area contributed by atoms with Crippen molar-refractivity contribution in [3.63, 3.8) is 0 Å². The van der Waals surface area contributed by atoms with Gasteiger partial charge in [-0.25, -0.2) is 0 Å². The predicted molar refractivity (Wildman–Crippen MR) is 69.9 cm³/mol. The van der Waals surface area contributed by atoms with Crippen molar-refractivity contribution in [2.24, 2.45) is 0 Å². The van der Waals surface area contributed by atoms with E-state index in [1.165, 1.54) is 11.3 Å². The zero-order valence-electron chi connectivity index (χ0n) is 10.2. The molecular weight excluding hydrogens is 250 g/mol. The van der Waals surface area contributed by atoms with E-state index in [4.69, 9.17) is 16.0 Å². The third-order valence-electron chi connectivity index (χ3n) is 3.15. The van der Waals surface area contributed by atoms with Gasteiger partial charge in [-0.05, 0) is 36.6 Å². The smallest absolute Gasteiger partial charge is 0.235 e. The van der Waals surface area contributed by atoms with Crippen molar-refractivity contribution in [1.29, 1.82) is 0 Å². The summed E-state index contributed by atoms with van der Waals surface area (Å²) in [6.07, 6.45) is 2.20. The Morgan fingerprint density at radius 1 is 1.39 bits per heavy atom. The maximum Gasteiger partial charge on any atom is 0.235 e. The van der Waals surface area contributed by atoms with Crippen LogP contribution in [0.4, 0.5) is 5.69 Å². The minimum atomic E-state index is 0.610. The molecule has 0 N–H and O–H groups in total. The first kappa shape index (κ1) is 11.5. The standard InChI is InChI=1S/C13H14ClN3O/c1-9-15-16-13(18-9)8-17-6-2-3-10-7-11(14)4-5-12(10)17/h4-5,7H,2-3,6,8H2,1H3. The molecule has 0 saturated carbocycles. The van der Waals surface area contributed by atoms with Gasteiger partial charge in [-0.1, -0.05) is 11.6 Å². The van der Waals surface area contributed by atoms with E-state index in [9.17, 15) is 0 Å². The van der Waals surface area contributed by atoms with Gasteiger partial charge in [0, 0.05) is 24.2 Å². The highest BCUT2D eigenvalue weighted by Crippen LogP contribution is 2.30. The number of anilines is 1. The summed E-state index contributed by atoms with van der Waals surface area (Å²) in [5, 5.41) is 8.70. The van der Waals surface area contributed by atoms with Crippen LogP contribution in [0.25, 0.3) is 0 Å². The molecule has 94 valence electrons. The molecular formula is C13H14ClN3O. The van der Waals surface area contributed by atoms with Gasteiger partial charge in [-0.15, -0.1) is 10.2 Å². The number of hydrogen-bond acceptors (Lipinski definition) is 4. The Kier molecular flexibility index (Phi) is 2.96. The number of aryl methyl sites for hydroxylation is 2. The maximum absolute atomic E-state index is 6.03. The predicted octanol–water partition coefficient (Wildman–Crippen LogP) is 2.98. The van der Waals surface area contributed by atoms with Crippen molar-refractivity contribution in [2.75, 3.05) is 11.4 Å². The second kappa shape index (κ2) is 4.61. The van der Waals surface area contributed by atoms with Crippen LogP contribution >= 0.6 is 11.6 Å². The zero-order chi connectivity index (χ0) is 12.5. The summed E-state index contributed by atoms with van der Waals surface area (Å²) >= 11 is 6.03. The fraction of sp³-hybridized carbons (Fsp3) is 0.385. The molecule has 5 heteroatoms. The molecule has 0 saturated heterocycles. The monoisotopic (exact) mass is 263 g/mol. The number of fused-ring (bicyclic) bond motifs is 1. The van der Waals surface area contributed by atoms with Crippen LogP contribution in [0.3, 0.4) is 0 Å². The van der Waals surface area contributed by atoms with Crippen LogP contribution < -0.4 is 4.90 Å². The fourth-order valence-electron chi connectivity index (χ4n) is 2.37. The number of hydrogen-bond donors (Lipinski definition) is 0. The molecule has 0 spiro atoms. The molecule has 1 aromatic heterocycles. The molecule has 1 aliphatic heterocycles. The Balaban J connectivity index is 1.87. The maximum atomic E-state index is 6.03. The first-order chi connectivity index (χ1) is 8.72. The Labute approximate surface area is 111 Å². The average Bonchev–Trinajstić information content (AvgIpc) is 2.75. The molecule has 1 aliphatic rings. The van der Waals surface area contributed by atoms with Gasteiger partial charge in [0.15, 0.2) is 0 Å². The third kappa shape index (κ3) is 2.20. The zero-order valence-corrected chi connectivity index (χ0v) is 10.9. The average molecular weight is 264 g/mol. The summed E-state index contributed by atoms with van der Waals surface area (Å²) in [6, 6.07) is 6.04. The van der Waals surface area contributed by atoms with Crippen LogP contribution in [0, 0.1) is 6.92 Å². The minimum absolute atomic E-state index is 0.610. The normalized spacial score (nSPS) is 14.7. The Bertz CT molecular complexity index is 567. The number of rotatable bonds is 2. The van der Waals surface area contributed by atoms with Crippen LogP contribution in [0.2, 0.25) is 5.02 Å². The number of halogens is 1. The molecule has 4 nitrogen and oxygen atoms in total. The Morgan fingerprint density at radius 2 is 2.28 bits per heavy atom. The molecule has 2 aromatic rings. The van der Waals surface area contributed by atoms with Crippen LogP contribution in [0.1, 0.15) is 23.8 Å². The summed E-state index contributed by atoms with van der Waals surface area (Å²) in [6.45, 7) is 3.48. The minimum Gasteiger partial charge on any atom is -0.424 e. The molecule has 18 heavy (non-hydrogen) atoms. The van der Waals surface area contributed by atoms with Crippen LogP contribution in [-0.4, -0.2) is 16.7 Å². The first-order valence-corrected chi connectivity index (χ1v) is 6.42. The highest BCUT2D eigenvalue weighted by Gasteiger charge is 2.19. The van der Waals surface area contributed by atoms with Crippen LogP contribution in [-0.2, 0) is 13.0 Å². The molecule has 0 aliphatic carbocycles. The largest absolute Gasteiger partial charge is 0.424 e. The van der Waals surface area contributed by atoms with Gasteiger partial charge in [-0.3, -0.25) is 0 Å². The van der Waals surface area contributed by atoms with E-state index < -0.39 is 0 Å². The molecule has 0 radical (unpaired) electrons. The van der Waals surface area contributed by atoms with E-state index in [-0.39, 0.29) is 0 Å². The summed E-state index contributed by atoms with van der Waals surface area (Å²) < 4.78 is 5.44. The van der Waals surface area contributed by atoms with Crippen molar-refractivity contribution in [3.8, 4) is 0 Å². The Morgan fingerprint density at radius 3 is 3.06 bits per heavy atom. The van der Waals surface area contributed by atoms with E-state index in [1.807, 2.05) is 12.1 Å². The number of benzene rings is 1. The molecule has 0 atom stereocenters. The van der Waals surface area contributed by atoms with Crippen molar-refractivity contribution >= 4 is 17.3 Å². The van der Waals surface area contributed by atoms with Gasteiger partial charge in [-0.2, -0.15) is 0 Å². The second-order valence-electron chi connectivity index (χ2n) is 4.51. The number of nitrogens with zero attached hydrogens (tertiary/aromatic N) is 3. The lowest BCUT2D eigenvalue weighted by atomic mass is 10.0. The molecule has 0 unspecified atom stereocenters. The van der Waals surface area contributed by atoms with Gasteiger partial charge in [0.25, 0.3) is 0 Å². The van der Waals surface area contributed by atoms with E-state index in [0.29, 0.717) is 18.3 Å².